The second-order valence-electron chi connectivity index (χ2n) is 3.44. The van der Waals surface area contributed by atoms with Gasteiger partial charge in [0, 0.05) is 31.4 Å². The molecule has 0 unspecified atom stereocenters. The first-order valence-corrected chi connectivity index (χ1v) is 5.23. The van der Waals surface area contributed by atoms with Gasteiger partial charge in [-0.15, -0.1) is 0 Å². The van der Waals surface area contributed by atoms with Crippen LogP contribution in [0.25, 0.3) is 0 Å². The molecule has 0 atom stereocenters. The van der Waals surface area contributed by atoms with E-state index in [-0.39, 0.29) is 11.6 Å². The first-order valence-electron chi connectivity index (χ1n) is 5.23. The van der Waals surface area contributed by atoms with Crippen LogP contribution in [-0.4, -0.2) is 21.9 Å². The van der Waals surface area contributed by atoms with Crippen molar-refractivity contribution in [2.75, 3.05) is 12.4 Å². The van der Waals surface area contributed by atoms with Gasteiger partial charge >= 0.3 is 5.69 Å². The van der Waals surface area contributed by atoms with Gasteiger partial charge in [0.1, 0.15) is 5.75 Å². The Kier molecular flexibility index (Phi) is 3.51. The quantitative estimate of drug-likeness (QED) is 0.673. The van der Waals surface area contributed by atoms with Crippen LogP contribution in [0, 0.1) is 15.9 Å². The molecule has 0 radical (unpaired) electrons. The minimum Gasteiger partial charge on any atom is -0.439 e. The number of hydrogen-bond acceptors (Lipinski definition) is 6. The van der Waals surface area contributed by atoms with E-state index in [4.69, 9.17) is 4.74 Å². The maximum absolute atomic E-state index is 13.4. The van der Waals surface area contributed by atoms with Crippen molar-refractivity contribution in [3.63, 3.8) is 0 Å². The van der Waals surface area contributed by atoms with Gasteiger partial charge < -0.3 is 10.1 Å². The number of hydrogen-bond donors (Lipinski definition) is 1. The van der Waals surface area contributed by atoms with Crippen LogP contribution in [0.5, 0.6) is 11.6 Å². The maximum Gasteiger partial charge on any atom is 0.305 e. The molecule has 19 heavy (non-hydrogen) atoms. The SMILES string of the molecule is CNc1nccc(Oc2ccc([N+](=O)[O-])c(F)c2)n1. The summed E-state index contributed by atoms with van der Waals surface area (Å²) in [5.41, 5.74) is -0.606. The summed E-state index contributed by atoms with van der Waals surface area (Å²) >= 11 is 0. The van der Waals surface area contributed by atoms with Crippen LogP contribution in [-0.2, 0) is 0 Å². The third kappa shape index (κ3) is 2.92. The molecular weight excluding hydrogens is 255 g/mol. The fraction of sp³-hybridized carbons (Fsp3) is 0.0909. The molecule has 0 aliphatic heterocycles. The number of nitrogens with zero attached hydrogens (tertiary/aromatic N) is 3. The number of nitrogens with one attached hydrogen (secondary N) is 1. The number of nitro benzene ring substituents is 1. The zero-order valence-corrected chi connectivity index (χ0v) is 9.83. The zero-order valence-electron chi connectivity index (χ0n) is 9.83. The Morgan fingerprint density at radius 1 is 1.42 bits per heavy atom. The predicted molar refractivity (Wildman–Crippen MR) is 64.7 cm³/mol. The number of nitro groups is 1. The summed E-state index contributed by atoms with van der Waals surface area (Å²) in [6, 6.07) is 4.74. The zero-order chi connectivity index (χ0) is 13.8. The smallest absolute Gasteiger partial charge is 0.305 e. The molecule has 0 saturated heterocycles. The van der Waals surface area contributed by atoms with E-state index >= 15 is 0 Å². The first-order chi connectivity index (χ1) is 9.10. The Hall–Kier alpha value is -2.77. The van der Waals surface area contributed by atoms with E-state index in [9.17, 15) is 14.5 Å². The minimum absolute atomic E-state index is 0.115. The lowest BCUT2D eigenvalue weighted by Crippen LogP contribution is -1.98. The molecule has 0 amide bonds. The fourth-order valence-electron chi connectivity index (χ4n) is 1.34. The van der Waals surface area contributed by atoms with Crippen molar-refractivity contribution in [3.05, 3.63) is 46.4 Å². The molecule has 7 nitrogen and oxygen atoms in total. The Morgan fingerprint density at radius 3 is 2.84 bits per heavy atom. The van der Waals surface area contributed by atoms with Crippen LogP contribution in [0.2, 0.25) is 0 Å². The molecule has 0 aliphatic rings. The molecule has 2 rings (SSSR count). The molecule has 0 spiro atoms. The van der Waals surface area contributed by atoms with Crippen LogP contribution in [0.3, 0.4) is 0 Å². The average molecular weight is 264 g/mol. The monoisotopic (exact) mass is 264 g/mol. The lowest BCUT2D eigenvalue weighted by Gasteiger charge is -2.05. The highest BCUT2D eigenvalue weighted by Crippen LogP contribution is 2.25. The molecule has 1 heterocycles. The third-order valence-corrected chi connectivity index (χ3v) is 2.19. The van der Waals surface area contributed by atoms with Crippen molar-refractivity contribution in [1.29, 1.82) is 0 Å². The summed E-state index contributed by atoms with van der Waals surface area (Å²) in [5.74, 6) is -0.304. The highest BCUT2D eigenvalue weighted by molar-refractivity contribution is 5.39. The maximum atomic E-state index is 13.4. The van der Waals surface area contributed by atoms with Gasteiger partial charge in [0.15, 0.2) is 0 Å². The average Bonchev–Trinajstić information content (AvgIpc) is 2.38. The number of aromatic nitrogens is 2. The van der Waals surface area contributed by atoms with E-state index in [1.807, 2.05) is 0 Å². The first kappa shape index (κ1) is 12.7. The molecule has 0 bridgehead atoms. The van der Waals surface area contributed by atoms with Crippen LogP contribution in [0.4, 0.5) is 16.0 Å². The number of ether oxygens (including phenoxy) is 1. The van der Waals surface area contributed by atoms with Gasteiger partial charge in [-0.2, -0.15) is 9.37 Å². The van der Waals surface area contributed by atoms with E-state index < -0.39 is 16.4 Å². The summed E-state index contributed by atoms with van der Waals surface area (Å²) in [4.78, 5) is 17.5. The van der Waals surface area contributed by atoms with Crippen LogP contribution in [0.1, 0.15) is 0 Å². The summed E-state index contributed by atoms with van der Waals surface area (Å²) < 4.78 is 18.7. The molecule has 1 aromatic carbocycles. The van der Waals surface area contributed by atoms with E-state index in [0.717, 1.165) is 12.1 Å². The van der Waals surface area contributed by atoms with Crippen molar-refractivity contribution >= 4 is 11.6 Å². The molecule has 0 aliphatic carbocycles. The molecule has 8 heteroatoms. The van der Waals surface area contributed by atoms with Gasteiger partial charge in [0.2, 0.25) is 17.6 Å². The highest BCUT2D eigenvalue weighted by Gasteiger charge is 2.14. The van der Waals surface area contributed by atoms with E-state index in [2.05, 4.69) is 15.3 Å². The second-order valence-corrected chi connectivity index (χ2v) is 3.44. The Morgan fingerprint density at radius 2 is 2.21 bits per heavy atom. The molecular formula is C11H9FN4O3. The number of halogens is 1. The van der Waals surface area contributed by atoms with Gasteiger partial charge in [0.25, 0.3) is 0 Å². The van der Waals surface area contributed by atoms with Gasteiger partial charge in [-0.3, -0.25) is 10.1 Å². The molecule has 1 aromatic heterocycles. The standard InChI is InChI=1S/C11H9FN4O3/c1-13-11-14-5-4-10(15-11)19-7-2-3-9(16(17)18)8(12)6-7/h2-6H,1H3,(H,13,14,15). The Labute approximate surface area is 107 Å². The topological polar surface area (TPSA) is 90.2 Å². The summed E-state index contributed by atoms with van der Waals surface area (Å²) in [7, 11) is 1.64. The lowest BCUT2D eigenvalue weighted by atomic mass is 10.3. The third-order valence-electron chi connectivity index (χ3n) is 2.19. The van der Waals surface area contributed by atoms with Crippen LogP contribution < -0.4 is 10.1 Å². The highest BCUT2D eigenvalue weighted by atomic mass is 19.1. The largest absolute Gasteiger partial charge is 0.439 e. The number of benzene rings is 1. The van der Waals surface area contributed by atoms with Gasteiger partial charge in [-0.25, -0.2) is 4.98 Å². The van der Waals surface area contributed by atoms with Crippen molar-refractivity contribution in [2.24, 2.45) is 0 Å². The predicted octanol–water partition coefficient (Wildman–Crippen LogP) is 2.36. The molecule has 1 N–H and O–H groups in total. The molecule has 98 valence electrons. The summed E-state index contributed by atoms with van der Waals surface area (Å²) in [5, 5.41) is 13.2. The Bertz CT molecular complexity index is 621. The molecule has 2 aromatic rings. The van der Waals surface area contributed by atoms with Gasteiger partial charge in [-0.05, 0) is 6.07 Å². The van der Waals surface area contributed by atoms with E-state index in [1.54, 1.807) is 7.05 Å². The summed E-state index contributed by atoms with van der Waals surface area (Å²) in [6.45, 7) is 0. The fourth-order valence-corrected chi connectivity index (χ4v) is 1.34. The van der Waals surface area contributed by atoms with Crippen molar-refractivity contribution in [3.8, 4) is 11.6 Å². The van der Waals surface area contributed by atoms with Crippen LogP contribution >= 0.6 is 0 Å². The number of anilines is 1. The molecule has 0 fully saturated rings. The Balaban J connectivity index is 2.23. The van der Waals surface area contributed by atoms with Crippen molar-refractivity contribution < 1.29 is 14.1 Å². The van der Waals surface area contributed by atoms with Crippen molar-refractivity contribution in [2.45, 2.75) is 0 Å². The van der Waals surface area contributed by atoms with Crippen molar-refractivity contribution in [1.82, 2.24) is 9.97 Å². The van der Waals surface area contributed by atoms with Crippen LogP contribution in [0.15, 0.2) is 30.5 Å². The molecule has 0 saturated carbocycles. The number of rotatable bonds is 4. The minimum atomic E-state index is -0.967. The van der Waals surface area contributed by atoms with Gasteiger partial charge in [0.05, 0.1) is 4.92 Å². The normalized spacial score (nSPS) is 10.0. The van der Waals surface area contributed by atoms with Gasteiger partial charge in [-0.1, -0.05) is 0 Å². The summed E-state index contributed by atoms with van der Waals surface area (Å²) in [6.07, 6.45) is 1.47. The van der Waals surface area contributed by atoms with E-state index in [1.165, 1.54) is 18.3 Å². The lowest BCUT2D eigenvalue weighted by molar-refractivity contribution is -0.387. The second kappa shape index (κ2) is 5.25. The van der Waals surface area contributed by atoms with E-state index in [0.29, 0.717) is 5.95 Å².